The number of anilines is 4. The predicted octanol–water partition coefficient (Wildman–Crippen LogP) is 4.07. The molecule has 1 unspecified atom stereocenters. The van der Waals surface area contributed by atoms with Crippen LogP contribution < -0.4 is 15.5 Å². The van der Waals surface area contributed by atoms with E-state index in [1.54, 1.807) is 12.1 Å². The Balaban J connectivity index is 1.40. The van der Waals surface area contributed by atoms with Crippen molar-refractivity contribution in [2.75, 3.05) is 48.8 Å². The van der Waals surface area contributed by atoms with Crippen LogP contribution in [0.5, 0.6) is 0 Å². The summed E-state index contributed by atoms with van der Waals surface area (Å²) in [5.41, 5.74) is 2.87. The average molecular weight is 474 g/mol. The summed E-state index contributed by atoms with van der Waals surface area (Å²) in [5, 5.41) is 14.0. The lowest BCUT2D eigenvalue weighted by molar-refractivity contribution is 0.311. The van der Waals surface area contributed by atoms with Gasteiger partial charge in [-0.15, -0.1) is 0 Å². The van der Waals surface area contributed by atoms with E-state index in [4.69, 9.17) is 4.98 Å². The molecule has 0 saturated carbocycles. The van der Waals surface area contributed by atoms with Crippen molar-refractivity contribution in [3.8, 4) is 11.3 Å². The normalized spacial score (nSPS) is 15.1. The number of rotatable bonds is 7. The molecule has 1 saturated heterocycles. The first kappa shape index (κ1) is 22.7. The Morgan fingerprint density at radius 3 is 2.37 bits per heavy atom. The Morgan fingerprint density at radius 2 is 1.63 bits per heavy atom. The van der Waals surface area contributed by atoms with E-state index in [0.29, 0.717) is 23.7 Å². The number of aromatic amines is 1. The lowest BCUT2D eigenvalue weighted by atomic mass is 10.1. The summed E-state index contributed by atoms with van der Waals surface area (Å²) in [7, 11) is 2.11. The van der Waals surface area contributed by atoms with E-state index in [-0.39, 0.29) is 11.9 Å². The maximum absolute atomic E-state index is 13.4. The smallest absolute Gasteiger partial charge is 0.235 e. The Hall–Kier alpha value is -4.05. The van der Waals surface area contributed by atoms with Crippen LogP contribution in [0.15, 0.2) is 60.7 Å². The fourth-order valence-electron chi connectivity index (χ4n) is 3.93. The molecule has 3 heterocycles. The third kappa shape index (κ3) is 5.55. The van der Waals surface area contributed by atoms with Crippen molar-refractivity contribution in [2.45, 2.75) is 13.0 Å². The van der Waals surface area contributed by atoms with Gasteiger partial charge in [0.05, 0.1) is 11.7 Å². The first-order valence-corrected chi connectivity index (χ1v) is 11.6. The first-order chi connectivity index (χ1) is 17.0. The van der Waals surface area contributed by atoms with Crippen molar-refractivity contribution in [1.82, 2.24) is 30.0 Å². The van der Waals surface area contributed by atoms with E-state index in [0.717, 1.165) is 43.0 Å². The summed E-state index contributed by atoms with van der Waals surface area (Å²) in [6.07, 6.45) is 0. The maximum atomic E-state index is 13.4. The molecule has 4 aromatic rings. The summed E-state index contributed by atoms with van der Waals surface area (Å²) in [4.78, 5) is 18.4. The molecule has 5 rings (SSSR count). The Kier molecular flexibility index (Phi) is 6.53. The number of aromatic nitrogens is 5. The van der Waals surface area contributed by atoms with Gasteiger partial charge in [0.2, 0.25) is 17.8 Å². The number of nitrogens with zero attached hydrogens (tertiary/aromatic N) is 6. The standard InChI is InChI=1S/C25H28FN9/c1-17(18-8-10-20(26)11-9-18)27-23-29-24(31-25(30-23)35-14-12-34(2)13-15-35)28-22-16-21(32-33-22)19-6-4-3-5-7-19/h3-11,16-17H,12-15H2,1-2H3,(H3,27,28,29,30,31,32,33). The average Bonchev–Trinajstić information content (AvgIpc) is 3.34. The monoisotopic (exact) mass is 473 g/mol. The second kappa shape index (κ2) is 10.1. The number of hydrogen-bond acceptors (Lipinski definition) is 8. The van der Waals surface area contributed by atoms with Gasteiger partial charge < -0.3 is 20.4 Å². The van der Waals surface area contributed by atoms with Crippen LogP contribution in [0.3, 0.4) is 0 Å². The van der Waals surface area contributed by atoms with Crippen LogP contribution in [0, 0.1) is 5.82 Å². The highest BCUT2D eigenvalue weighted by Gasteiger charge is 2.20. The van der Waals surface area contributed by atoms with Crippen LogP contribution in [0.4, 0.5) is 28.1 Å². The summed E-state index contributed by atoms with van der Waals surface area (Å²) < 4.78 is 13.4. The van der Waals surface area contributed by atoms with Crippen molar-refractivity contribution >= 4 is 23.7 Å². The number of H-pyrrole nitrogens is 1. The van der Waals surface area contributed by atoms with Crippen LogP contribution in [-0.4, -0.2) is 63.3 Å². The minimum atomic E-state index is -0.265. The Labute approximate surface area is 203 Å². The van der Waals surface area contributed by atoms with Crippen LogP contribution in [0.1, 0.15) is 18.5 Å². The van der Waals surface area contributed by atoms with Gasteiger partial charge in [0, 0.05) is 32.2 Å². The molecule has 2 aromatic heterocycles. The molecule has 9 nitrogen and oxygen atoms in total. The minimum absolute atomic E-state index is 0.124. The lowest BCUT2D eigenvalue weighted by Crippen LogP contribution is -2.45. The molecule has 35 heavy (non-hydrogen) atoms. The number of benzene rings is 2. The SMILES string of the molecule is CC(Nc1nc(Nc2cc(-c3ccccc3)[nH]n2)nc(N2CCN(C)CC2)n1)c1ccc(F)cc1. The number of likely N-dealkylation sites (N-methyl/N-ethyl adjacent to an activating group) is 1. The molecule has 1 fully saturated rings. The van der Waals surface area contributed by atoms with Gasteiger partial charge in [-0.3, -0.25) is 5.10 Å². The third-order valence-corrected chi connectivity index (χ3v) is 6.03. The van der Waals surface area contributed by atoms with E-state index >= 15 is 0 Å². The van der Waals surface area contributed by atoms with Crippen molar-refractivity contribution in [1.29, 1.82) is 0 Å². The zero-order chi connectivity index (χ0) is 24.2. The first-order valence-electron chi connectivity index (χ1n) is 11.6. The molecule has 0 aliphatic carbocycles. The van der Waals surface area contributed by atoms with Crippen LogP contribution in [-0.2, 0) is 0 Å². The molecule has 3 N–H and O–H groups in total. The van der Waals surface area contributed by atoms with Gasteiger partial charge in [0.15, 0.2) is 5.82 Å². The highest BCUT2D eigenvalue weighted by Crippen LogP contribution is 2.24. The second-order valence-electron chi connectivity index (χ2n) is 8.65. The van der Waals surface area contributed by atoms with Crippen molar-refractivity contribution in [3.63, 3.8) is 0 Å². The topological polar surface area (TPSA) is 97.9 Å². The van der Waals surface area contributed by atoms with Crippen molar-refractivity contribution in [2.24, 2.45) is 0 Å². The van der Waals surface area contributed by atoms with Crippen LogP contribution >= 0.6 is 0 Å². The molecule has 0 amide bonds. The molecule has 1 aliphatic heterocycles. The van der Waals surface area contributed by atoms with Gasteiger partial charge in [-0.25, -0.2) is 4.39 Å². The van der Waals surface area contributed by atoms with Gasteiger partial charge >= 0.3 is 0 Å². The van der Waals surface area contributed by atoms with Gasteiger partial charge in [-0.05, 0) is 37.2 Å². The highest BCUT2D eigenvalue weighted by atomic mass is 19.1. The number of nitrogens with one attached hydrogen (secondary N) is 3. The number of hydrogen-bond donors (Lipinski definition) is 3. The molecule has 0 bridgehead atoms. The van der Waals surface area contributed by atoms with Crippen molar-refractivity contribution in [3.05, 3.63) is 72.0 Å². The minimum Gasteiger partial charge on any atom is -0.348 e. The predicted molar refractivity (Wildman–Crippen MR) is 135 cm³/mol. The zero-order valence-electron chi connectivity index (χ0n) is 19.7. The number of piperazine rings is 1. The molecule has 0 radical (unpaired) electrons. The Morgan fingerprint density at radius 1 is 0.914 bits per heavy atom. The molecule has 10 heteroatoms. The third-order valence-electron chi connectivity index (χ3n) is 6.03. The Bertz CT molecular complexity index is 1250. The highest BCUT2D eigenvalue weighted by molar-refractivity contribution is 5.64. The lowest BCUT2D eigenvalue weighted by Gasteiger charge is -2.32. The van der Waals surface area contributed by atoms with E-state index in [1.807, 2.05) is 43.3 Å². The summed E-state index contributed by atoms with van der Waals surface area (Å²) in [6, 6.07) is 18.2. The summed E-state index contributed by atoms with van der Waals surface area (Å²) >= 11 is 0. The van der Waals surface area contributed by atoms with Crippen molar-refractivity contribution < 1.29 is 4.39 Å². The molecule has 2 aromatic carbocycles. The molecule has 0 spiro atoms. The van der Waals surface area contributed by atoms with E-state index < -0.39 is 0 Å². The summed E-state index contributed by atoms with van der Waals surface area (Å²) in [6.45, 7) is 5.51. The number of halogens is 1. The van der Waals surface area contributed by atoms with Gasteiger partial charge in [-0.2, -0.15) is 20.1 Å². The van der Waals surface area contributed by atoms with E-state index in [9.17, 15) is 4.39 Å². The molecule has 1 aliphatic rings. The maximum Gasteiger partial charge on any atom is 0.235 e. The fraction of sp³-hybridized carbons (Fsp3) is 0.280. The van der Waals surface area contributed by atoms with E-state index in [2.05, 4.69) is 47.6 Å². The molecular weight excluding hydrogens is 445 g/mol. The quantitative estimate of drug-likeness (QED) is 0.370. The molecule has 1 atom stereocenters. The second-order valence-corrected chi connectivity index (χ2v) is 8.65. The summed E-state index contributed by atoms with van der Waals surface area (Å²) in [5.74, 6) is 1.78. The van der Waals surface area contributed by atoms with Gasteiger partial charge in [-0.1, -0.05) is 42.5 Å². The van der Waals surface area contributed by atoms with Crippen LogP contribution in [0.2, 0.25) is 0 Å². The largest absolute Gasteiger partial charge is 0.348 e. The van der Waals surface area contributed by atoms with Gasteiger partial charge in [0.25, 0.3) is 0 Å². The molecule has 180 valence electrons. The molecular formula is C25H28FN9. The van der Waals surface area contributed by atoms with E-state index in [1.165, 1.54) is 12.1 Å². The van der Waals surface area contributed by atoms with Crippen LogP contribution in [0.25, 0.3) is 11.3 Å². The fourth-order valence-corrected chi connectivity index (χ4v) is 3.93. The zero-order valence-corrected chi connectivity index (χ0v) is 19.7. The van der Waals surface area contributed by atoms with Gasteiger partial charge in [0.1, 0.15) is 5.82 Å².